The summed E-state index contributed by atoms with van der Waals surface area (Å²) < 4.78 is 13.3. The molecule has 9 nitrogen and oxygen atoms in total. The number of nitrogens with zero attached hydrogens (tertiary/aromatic N) is 4. The van der Waals surface area contributed by atoms with E-state index in [4.69, 9.17) is 14.5 Å². The molecule has 1 saturated heterocycles. The Balaban J connectivity index is 2.01. The fraction of sp³-hybridized carbons (Fsp3) is 0.455. The third-order valence-corrected chi connectivity index (χ3v) is 6.90. The van der Waals surface area contributed by atoms with Crippen LogP contribution in [0.4, 0.5) is 15.3 Å². The molecule has 0 aliphatic carbocycles. The number of carbonyl (C=O) groups is 3. The van der Waals surface area contributed by atoms with Crippen LogP contribution in [0.3, 0.4) is 0 Å². The van der Waals surface area contributed by atoms with Crippen molar-refractivity contribution in [2.75, 3.05) is 18.0 Å². The first-order chi connectivity index (χ1) is 19.7. The predicted octanol–water partition coefficient (Wildman–Crippen LogP) is 7.12. The maximum atomic E-state index is 14.1. The number of benzene rings is 1. The van der Waals surface area contributed by atoms with Gasteiger partial charge in [-0.2, -0.15) is 4.90 Å². The maximum Gasteiger partial charge on any atom is 0.424 e. The van der Waals surface area contributed by atoms with Crippen LogP contribution in [0.25, 0.3) is 11.7 Å². The van der Waals surface area contributed by atoms with E-state index in [1.807, 2.05) is 61.2 Å². The summed E-state index contributed by atoms with van der Waals surface area (Å²) in [5.74, 6) is -0.155. The number of aromatic nitrogens is 2. The Hall–Kier alpha value is -4.14. The van der Waals surface area contributed by atoms with Gasteiger partial charge in [0.15, 0.2) is 5.65 Å². The molecule has 4 rings (SSSR count). The zero-order chi connectivity index (χ0) is 30.8. The molecule has 0 bridgehead atoms. The van der Waals surface area contributed by atoms with E-state index in [2.05, 4.69) is 0 Å². The Labute approximate surface area is 248 Å². The summed E-state index contributed by atoms with van der Waals surface area (Å²) in [6.45, 7) is 15.4. The maximum absolute atomic E-state index is 14.1. The van der Waals surface area contributed by atoms with E-state index in [0.29, 0.717) is 35.6 Å². The number of hydrogen-bond donors (Lipinski definition) is 0. The van der Waals surface area contributed by atoms with Gasteiger partial charge in [0.1, 0.15) is 16.9 Å². The van der Waals surface area contributed by atoms with Gasteiger partial charge in [0.25, 0.3) is 5.91 Å². The first-order valence-electron chi connectivity index (χ1n) is 14.4. The SMILES string of the molecule is Cc1nc2c(N(C(=O)OC(C)(C)C)C(=O)OC(C)(C)C)c(C/C=C/c3ccccc3)c(C(=O)N3CCCC3)cn2c1C. The summed E-state index contributed by atoms with van der Waals surface area (Å²) in [5, 5.41) is 0. The number of aryl methyl sites for hydroxylation is 2. The quantitative estimate of drug-likeness (QED) is 0.322. The van der Waals surface area contributed by atoms with Crippen LogP contribution in [0.1, 0.15) is 87.3 Å². The van der Waals surface area contributed by atoms with Crippen molar-refractivity contribution in [2.45, 2.75) is 85.9 Å². The summed E-state index contributed by atoms with van der Waals surface area (Å²) in [6.07, 6.45) is 5.95. The Morgan fingerprint density at radius 2 is 1.50 bits per heavy atom. The number of ether oxygens (including phenoxy) is 2. The standard InChI is InChI=1S/C33H42N4O5/c1-22-23(2)36-21-26(29(38)35-19-12-13-20-35)25(18-14-17-24-15-10-9-11-16-24)27(28(36)34-22)37(30(39)41-32(3,4)5)31(40)42-33(6,7)8/h9-11,14-17,21H,12-13,18-20H2,1-8H3/b17-14+. The van der Waals surface area contributed by atoms with Gasteiger partial charge < -0.3 is 18.8 Å². The van der Waals surface area contributed by atoms with Crippen LogP contribution in [0, 0.1) is 13.8 Å². The molecule has 42 heavy (non-hydrogen) atoms. The van der Waals surface area contributed by atoms with Gasteiger partial charge in [0, 0.05) is 25.0 Å². The van der Waals surface area contributed by atoms with Crippen LogP contribution >= 0.6 is 0 Å². The highest BCUT2D eigenvalue weighted by molar-refractivity contribution is 6.14. The lowest BCUT2D eigenvalue weighted by Crippen LogP contribution is -2.44. The summed E-state index contributed by atoms with van der Waals surface area (Å²) in [4.78, 5) is 49.3. The van der Waals surface area contributed by atoms with Crippen molar-refractivity contribution < 1.29 is 23.9 Å². The second-order valence-electron chi connectivity index (χ2n) is 12.7. The Bertz CT molecular complexity index is 1480. The van der Waals surface area contributed by atoms with E-state index in [1.54, 1.807) is 52.1 Å². The molecule has 3 heterocycles. The van der Waals surface area contributed by atoms with Gasteiger partial charge in [0.05, 0.1) is 11.3 Å². The number of rotatable bonds is 5. The molecule has 1 aromatic carbocycles. The highest BCUT2D eigenvalue weighted by atomic mass is 16.6. The highest BCUT2D eigenvalue weighted by Crippen LogP contribution is 2.35. The zero-order valence-electron chi connectivity index (χ0n) is 26.0. The summed E-state index contributed by atoms with van der Waals surface area (Å²) in [7, 11) is 0. The predicted molar refractivity (Wildman–Crippen MR) is 164 cm³/mol. The molecule has 3 aromatic rings. The molecule has 2 aromatic heterocycles. The van der Waals surface area contributed by atoms with Gasteiger partial charge in [-0.15, -0.1) is 0 Å². The largest absolute Gasteiger partial charge is 0.443 e. The summed E-state index contributed by atoms with van der Waals surface area (Å²) in [6, 6.07) is 9.79. The van der Waals surface area contributed by atoms with Gasteiger partial charge in [-0.3, -0.25) is 4.79 Å². The lowest BCUT2D eigenvalue weighted by molar-refractivity contribution is 0.0429. The van der Waals surface area contributed by atoms with Gasteiger partial charge in [0.2, 0.25) is 0 Å². The number of hydrogen-bond acceptors (Lipinski definition) is 6. The number of imidazole rings is 1. The van der Waals surface area contributed by atoms with E-state index in [1.165, 1.54) is 0 Å². The molecule has 0 unspecified atom stereocenters. The topological polar surface area (TPSA) is 93.5 Å². The lowest BCUT2D eigenvalue weighted by atomic mass is 10.0. The third-order valence-electron chi connectivity index (χ3n) is 6.90. The molecular weight excluding hydrogens is 532 g/mol. The number of amides is 3. The number of fused-ring (bicyclic) bond motifs is 1. The van der Waals surface area contributed by atoms with Crippen molar-refractivity contribution in [3.8, 4) is 0 Å². The molecule has 1 fully saturated rings. The first kappa shape index (κ1) is 30.8. The molecule has 224 valence electrons. The van der Waals surface area contributed by atoms with E-state index >= 15 is 0 Å². The van der Waals surface area contributed by atoms with E-state index < -0.39 is 23.4 Å². The second-order valence-corrected chi connectivity index (χ2v) is 12.7. The molecule has 0 spiro atoms. The minimum Gasteiger partial charge on any atom is -0.443 e. The van der Waals surface area contributed by atoms with Crippen molar-refractivity contribution >= 4 is 35.5 Å². The molecule has 9 heteroatoms. The second kappa shape index (κ2) is 12.0. The van der Waals surface area contributed by atoms with Crippen LogP contribution in [0.5, 0.6) is 0 Å². The highest BCUT2D eigenvalue weighted by Gasteiger charge is 2.38. The minimum absolute atomic E-state index is 0.155. The number of pyridine rings is 1. The fourth-order valence-corrected chi connectivity index (χ4v) is 4.89. The van der Waals surface area contributed by atoms with Crippen molar-refractivity contribution in [3.05, 3.63) is 70.7 Å². The molecule has 3 amide bonds. The van der Waals surface area contributed by atoms with Gasteiger partial charge in [-0.1, -0.05) is 42.5 Å². The van der Waals surface area contributed by atoms with Crippen LogP contribution in [0.15, 0.2) is 42.6 Å². The molecule has 0 atom stereocenters. The van der Waals surface area contributed by atoms with E-state index in [-0.39, 0.29) is 18.0 Å². The van der Waals surface area contributed by atoms with Gasteiger partial charge in [-0.05, 0) is 85.8 Å². The number of allylic oxidation sites excluding steroid dienone is 1. The molecule has 1 aliphatic rings. The third kappa shape index (κ3) is 7.01. The number of imide groups is 1. The molecule has 0 radical (unpaired) electrons. The normalized spacial score (nSPS) is 14.0. The van der Waals surface area contributed by atoms with Crippen molar-refractivity contribution in [1.29, 1.82) is 0 Å². The first-order valence-corrected chi connectivity index (χ1v) is 14.4. The van der Waals surface area contributed by atoms with Crippen molar-refractivity contribution in [2.24, 2.45) is 0 Å². The number of anilines is 1. The van der Waals surface area contributed by atoms with Crippen molar-refractivity contribution in [1.82, 2.24) is 14.3 Å². The average molecular weight is 575 g/mol. The lowest BCUT2D eigenvalue weighted by Gasteiger charge is -2.30. The molecule has 0 saturated carbocycles. The Morgan fingerprint density at radius 1 is 0.929 bits per heavy atom. The Kier molecular flexibility index (Phi) is 8.80. The van der Waals surface area contributed by atoms with E-state index in [9.17, 15) is 14.4 Å². The van der Waals surface area contributed by atoms with Crippen LogP contribution in [0.2, 0.25) is 0 Å². The summed E-state index contributed by atoms with van der Waals surface area (Å²) in [5.41, 5.74) is 2.12. The fourth-order valence-electron chi connectivity index (χ4n) is 4.89. The van der Waals surface area contributed by atoms with Gasteiger partial charge in [-0.25, -0.2) is 14.6 Å². The monoisotopic (exact) mass is 574 g/mol. The Morgan fingerprint density at radius 3 is 2.05 bits per heavy atom. The zero-order valence-corrected chi connectivity index (χ0v) is 26.0. The average Bonchev–Trinajstić information content (AvgIpc) is 3.52. The van der Waals surface area contributed by atoms with Crippen molar-refractivity contribution in [3.63, 3.8) is 0 Å². The van der Waals surface area contributed by atoms with Crippen LogP contribution in [-0.2, 0) is 15.9 Å². The molecule has 0 N–H and O–H groups in total. The van der Waals surface area contributed by atoms with E-state index in [0.717, 1.165) is 29.0 Å². The van der Waals surface area contributed by atoms with Crippen LogP contribution in [-0.4, -0.2) is 56.7 Å². The molecular formula is C33H42N4O5. The minimum atomic E-state index is -0.906. The van der Waals surface area contributed by atoms with Gasteiger partial charge >= 0.3 is 12.2 Å². The molecule has 1 aliphatic heterocycles. The van der Waals surface area contributed by atoms with Crippen LogP contribution < -0.4 is 4.90 Å². The number of likely N-dealkylation sites (tertiary alicyclic amines) is 1. The number of carbonyl (C=O) groups excluding carboxylic acids is 3. The summed E-state index contributed by atoms with van der Waals surface area (Å²) >= 11 is 0. The smallest absolute Gasteiger partial charge is 0.424 e.